The summed E-state index contributed by atoms with van der Waals surface area (Å²) in [6.45, 7) is 9.85. The van der Waals surface area contributed by atoms with Crippen molar-refractivity contribution in [2.75, 3.05) is 18.4 Å². The van der Waals surface area contributed by atoms with E-state index in [0.29, 0.717) is 11.7 Å². The van der Waals surface area contributed by atoms with Gasteiger partial charge in [-0.3, -0.25) is 4.79 Å². The summed E-state index contributed by atoms with van der Waals surface area (Å²) in [4.78, 5) is 18.7. The fraction of sp³-hybridized carbons (Fsp3) is 0.600. The van der Waals surface area contributed by atoms with Crippen molar-refractivity contribution in [3.05, 3.63) is 23.9 Å². The molecule has 0 spiro atoms. The van der Waals surface area contributed by atoms with E-state index < -0.39 is 0 Å². The van der Waals surface area contributed by atoms with Crippen molar-refractivity contribution < 1.29 is 4.79 Å². The van der Waals surface area contributed by atoms with Crippen LogP contribution in [0.1, 0.15) is 51.0 Å². The van der Waals surface area contributed by atoms with Gasteiger partial charge in [0.1, 0.15) is 11.5 Å². The Labute approximate surface area is 116 Å². The highest BCUT2D eigenvalue weighted by Gasteiger charge is 2.15. The molecule has 0 saturated carbocycles. The van der Waals surface area contributed by atoms with Gasteiger partial charge in [-0.25, -0.2) is 4.98 Å². The Morgan fingerprint density at radius 3 is 2.42 bits per heavy atom. The van der Waals surface area contributed by atoms with Crippen molar-refractivity contribution in [2.24, 2.45) is 0 Å². The summed E-state index contributed by atoms with van der Waals surface area (Å²) in [5.41, 5.74) is 0.521. The summed E-state index contributed by atoms with van der Waals surface area (Å²) in [5.74, 6) is 0.782. The first kappa shape index (κ1) is 15.5. The second-order valence-corrected chi connectivity index (χ2v) is 5.00. The van der Waals surface area contributed by atoms with Crippen LogP contribution in [0.5, 0.6) is 0 Å². The number of aromatic nitrogens is 1. The molecule has 1 amide bonds. The molecule has 19 heavy (non-hydrogen) atoms. The number of carbonyl (C=O) groups is 1. The predicted molar refractivity (Wildman–Crippen MR) is 79.5 cm³/mol. The van der Waals surface area contributed by atoms with Crippen LogP contribution in [-0.4, -0.2) is 34.9 Å². The molecule has 0 bridgehead atoms. The fourth-order valence-electron chi connectivity index (χ4n) is 1.95. The Morgan fingerprint density at radius 2 is 1.89 bits per heavy atom. The molecule has 106 valence electrons. The van der Waals surface area contributed by atoms with Crippen molar-refractivity contribution in [1.82, 2.24) is 9.88 Å². The number of pyridine rings is 1. The van der Waals surface area contributed by atoms with E-state index in [2.05, 4.69) is 38.0 Å². The third kappa shape index (κ3) is 4.89. The van der Waals surface area contributed by atoms with Crippen LogP contribution in [0.2, 0.25) is 0 Å². The zero-order valence-corrected chi connectivity index (χ0v) is 12.4. The van der Waals surface area contributed by atoms with Gasteiger partial charge in [-0.05, 0) is 38.8 Å². The van der Waals surface area contributed by atoms with E-state index in [-0.39, 0.29) is 5.91 Å². The van der Waals surface area contributed by atoms with Gasteiger partial charge in [0.2, 0.25) is 0 Å². The Balaban J connectivity index is 2.84. The molecule has 1 rings (SSSR count). The number of rotatable bonds is 7. The maximum Gasteiger partial charge on any atom is 0.272 e. The molecule has 4 nitrogen and oxygen atoms in total. The van der Waals surface area contributed by atoms with E-state index in [1.807, 2.05) is 17.0 Å². The normalized spacial score (nSPS) is 10.6. The van der Waals surface area contributed by atoms with E-state index in [1.165, 1.54) is 0 Å². The molecular formula is C15H25N3O. The van der Waals surface area contributed by atoms with Crippen LogP contribution in [-0.2, 0) is 0 Å². The molecule has 0 aliphatic heterocycles. The number of carbonyl (C=O) groups excluding carboxylic acids is 1. The molecule has 1 N–H and O–H groups in total. The highest BCUT2D eigenvalue weighted by atomic mass is 16.2. The summed E-state index contributed by atoms with van der Waals surface area (Å²) in [6, 6.07) is 5.86. The SMILES string of the molecule is CCCN(CCC)C(=O)c1cccc(NC(C)C)n1. The van der Waals surface area contributed by atoms with Crippen LogP contribution in [0.4, 0.5) is 5.82 Å². The minimum absolute atomic E-state index is 0.0242. The largest absolute Gasteiger partial charge is 0.368 e. The zero-order chi connectivity index (χ0) is 14.3. The first-order valence-corrected chi connectivity index (χ1v) is 7.11. The molecule has 0 fully saturated rings. The van der Waals surface area contributed by atoms with E-state index in [0.717, 1.165) is 31.7 Å². The first-order valence-electron chi connectivity index (χ1n) is 7.11. The lowest BCUT2D eigenvalue weighted by Crippen LogP contribution is -2.33. The number of hydrogen-bond donors (Lipinski definition) is 1. The topological polar surface area (TPSA) is 45.2 Å². The zero-order valence-electron chi connectivity index (χ0n) is 12.4. The van der Waals surface area contributed by atoms with Gasteiger partial charge in [-0.1, -0.05) is 19.9 Å². The summed E-state index contributed by atoms with van der Waals surface area (Å²) in [6.07, 6.45) is 1.94. The van der Waals surface area contributed by atoms with Gasteiger partial charge in [0.15, 0.2) is 0 Å². The van der Waals surface area contributed by atoms with E-state index in [1.54, 1.807) is 6.07 Å². The van der Waals surface area contributed by atoms with Crippen molar-refractivity contribution in [3.8, 4) is 0 Å². The standard InChI is InChI=1S/C15H25N3O/c1-5-10-18(11-6-2)15(19)13-8-7-9-14(17-13)16-12(3)4/h7-9,12H,5-6,10-11H2,1-4H3,(H,16,17). The maximum atomic E-state index is 12.4. The summed E-state index contributed by atoms with van der Waals surface area (Å²) in [5, 5.41) is 3.22. The van der Waals surface area contributed by atoms with Crippen molar-refractivity contribution in [3.63, 3.8) is 0 Å². The van der Waals surface area contributed by atoms with Crippen LogP contribution in [0.15, 0.2) is 18.2 Å². The molecular weight excluding hydrogens is 238 g/mol. The molecule has 0 unspecified atom stereocenters. The number of hydrogen-bond acceptors (Lipinski definition) is 3. The molecule has 0 atom stereocenters. The van der Waals surface area contributed by atoms with Crippen LogP contribution in [0.3, 0.4) is 0 Å². The third-order valence-corrected chi connectivity index (χ3v) is 2.68. The molecule has 1 aromatic rings. The smallest absolute Gasteiger partial charge is 0.272 e. The number of amides is 1. The van der Waals surface area contributed by atoms with Crippen LogP contribution in [0, 0.1) is 0 Å². The number of nitrogens with one attached hydrogen (secondary N) is 1. The van der Waals surface area contributed by atoms with E-state index >= 15 is 0 Å². The molecule has 1 heterocycles. The monoisotopic (exact) mass is 263 g/mol. The van der Waals surface area contributed by atoms with Gasteiger partial charge < -0.3 is 10.2 Å². The number of nitrogens with zero attached hydrogens (tertiary/aromatic N) is 2. The summed E-state index contributed by atoms with van der Waals surface area (Å²) < 4.78 is 0. The summed E-state index contributed by atoms with van der Waals surface area (Å²) in [7, 11) is 0. The molecule has 0 radical (unpaired) electrons. The van der Waals surface area contributed by atoms with Crippen molar-refractivity contribution >= 4 is 11.7 Å². The Hall–Kier alpha value is -1.58. The Kier molecular flexibility index (Phi) is 6.33. The second-order valence-electron chi connectivity index (χ2n) is 5.00. The third-order valence-electron chi connectivity index (χ3n) is 2.68. The molecule has 0 aliphatic rings. The van der Waals surface area contributed by atoms with Gasteiger partial charge in [-0.15, -0.1) is 0 Å². The highest BCUT2D eigenvalue weighted by Crippen LogP contribution is 2.09. The van der Waals surface area contributed by atoms with Crippen LogP contribution < -0.4 is 5.32 Å². The van der Waals surface area contributed by atoms with Gasteiger partial charge in [-0.2, -0.15) is 0 Å². The van der Waals surface area contributed by atoms with E-state index in [9.17, 15) is 4.79 Å². The molecule has 0 aromatic carbocycles. The quantitative estimate of drug-likeness (QED) is 0.822. The van der Waals surface area contributed by atoms with Gasteiger partial charge in [0.05, 0.1) is 0 Å². The second kappa shape index (κ2) is 7.77. The number of anilines is 1. The first-order chi connectivity index (χ1) is 9.08. The Bertz CT molecular complexity index is 398. The summed E-state index contributed by atoms with van der Waals surface area (Å²) >= 11 is 0. The minimum Gasteiger partial charge on any atom is -0.368 e. The van der Waals surface area contributed by atoms with Crippen LogP contribution >= 0.6 is 0 Å². The van der Waals surface area contributed by atoms with E-state index in [4.69, 9.17) is 0 Å². The average Bonchev–Trinajstić information content (AvgIpc) is 2.37. The molecule has 1 aromatic heterocycles. The van der Waals surface area contributed by atoms with Crippen LogP contribution in [0.25, 0.3) is 0 Å². The highest BCUT2D eigenvalue weighted by molar-refractivity contribution is 5.92. The predicted octanol–water partition coefficient (Wildman–Crippen LogP) is 3.16. The molecule has 0 saturated heterocycles. The molecule has 4 heteroatoms. The minimum atomic E-state index is 0.0242. The molecule has 0 aliphatic carbocycles. The lowest BCUT2D eigenvalue weighted by Gasteiger charge is -2.21. The average molecular weight is 263 g/mol. The van der Waals surface area contributed by atoms with Gasteiger partial charge >= 0.3 is 0 Å². The fourth-order valence-corrected chi connectivity index (χ4v) is 1.95. The van der Waals surface area contributed by atoms with Crippen molar-refractivity contribution in [1.29, 1.82) is 0 Å². The van der Waals surface area contributed by atoms with Crippen molar-refractivity contribution in [2.45, 2.75) is 46.6 Å². The van der Waals surface area contributed by atoms with Gasteiger partial charge in [0.25, 0.3) is 5.91 Å². The lowest BCUT2D eigenvalue weighted by molar-refractivity contribution is 0.0750. The Morgan fingerprint density at radius 1 is 1.26 bits per heavy atom. The maximum absolute atomic E-state index is 12.4. The van der Waals surface area contributed by atoms with Gasteiger partial charge in [0, 0.05) is 19.1 Å². The lowest BCUT2D eigenvalue weighted by atomic mass is 10.2.